The third-order valence-corrected chi connectivity index (χ3v) is 2.36. The van der Waals surface area contributed by atoms with Crippen LogP contribution in [-0.4, -0.2) is 5.91 Å². The van der Waals surface area contributed by atoms with Crippen molar-refractivity contribution in [2.24, 2.45) is 5.92 Å². The molecular formula is C14H19NO. The molecule has 1 aromatic carbocycles. The normalized spacial score (nSPS) is 12.6. The van der Waals surface area contributed by atoms with Crippen molar-refractivity contribution in [3.8, 4) is 0 Å². The van der Waals surface area contributed by atoms with Crippen LogP contribution < -0.4 is 5.32 Å². The topological polar surface area (TPSA) is 29.1 Å². The zero-order valence-electron chi connectivity index (χ0n) is 9.94. The van der Waals surface area contributed by atoms with Crippen molar-refractivity contribution in [2.45, 2.75) is 26.8 Å². The summed E-state index contributed by atoms with van der Waals surface area (Å²) in [6.07, 6.45) is 4.58. The van der Waals surface area contributed by atoms with Gasteiger partial charge in [-0.05, 0) is 18.4 Å². The van der Waals surface area contributed by atoms with Crippen LogP contribution in [0.2, 0.25) is 0 Å². The minimum absolute atomic E-state index is 0.106. The van der Waals surface area contributed by atoms with Gasteiger partial charge in [-0.15, -0.1) is 0 Å². The summed E-state index contributed by atoms with van der Waals surface area (Å²) >= 11 is 0. The van der Waals surface area contributed by atoms with E-state index in [0.717, 1.165) is 5.56 Å². The van der Waals surface area contributed by atoms with Crippen LogP contribution in [0, 0.1) is 5.92 Å². The van der Waals surface area contributed by atoms with Gasteiger partial charge >= 0.3 is 0 Å². The minimum atomic E-state index is 0.106. The molecular weight excluding hydrogens is 198 g/mol. The van der Waals surface area contributed by atoms with E-state index in [1.54, 1.807) is 0 Å². The zero-order chi connectivity index (χ0) is 11.8. The highest BCUT2D eigenvalue weighted by Gasteiger charge is 2.05. The standard InChI is InChI=1S/C14H19NO/c1-3-7-12(2)10-14(16)15-11-13-8-5-4-6-9-13/h3-9,12H,10-11H2,1-2H3,(H,15,16). The molecule has 1 atom stereocenters. The number of benzene rings is 1. The predicted octanol–water partition coefficient (Wildman–Crippen LogP) is 2.91. The van der Waals surface area contributed by atoms with Crippen LogP contribution in [0.4, 0.5) is 0 Å². The van der Waals surface area contributed by atoms with Gasteiger partial charge in [0.05, 0.1) is 0 Å². The first-order valence-electron chi connectivity index (χ1n) is 5.66. The van der Waals surface area contributed by atoms with Gasteiger partial charge in [0, 0.05) is 13.0 Å². The van der Waals surface area contributed by atoms with E-state index in [0.29, 0.717) is 18.9 Å². The van der Waals surface area contributed by atoms with Gasteiger partial charge < -0.3 is 5.32 Å². The maximum atomic E-state index is 11.6. The largest absolute Gasteiger partial charge is 0.352 e. The lowest BCUT2D eigenvalue weighted by Gasteiger charge is -2.07. The molecule has 0 aliphatic rings. The van der Waals surface area contributed by atoms with Crippen molar-refractivity contribution in [3.63, 3.8) is 0 Å². The summed E-state index contributed by atoms with van der Waals surface area (Å²) in [5, 5.41) is 2.92. The number of nitrogens with one attached hydrogen (secondary N) is 1. The van der Waals surface area contributed by atoms with Crippen molar-refractivity contribution in [3.05, 3.63) is 48.0 Å². The van der Waals surface area contributed by atoms with Crippen LogP contribution in [0.15, 0.2) is 42.5 Å². The minimum Gasteiger partial charge on any atom is -0.352 e. The summed E-state index contributed by atoms with van der Waals surface area (Å²) in [6, 6.07) is 9.94. The SMILES string of the molecule is CC=CC(C)CC(=O)NCc1ccccc1. The zero-order valence-corrected chi connectivity index (χ0v) is 9.94. The molecule has 0 bridgehead atoms. The van der Waals surface area contributed by atoms with E-state index in [-0.39, 0.29) is 5.91 Å². The fourth-order valence-electron chi connectivity index (χ4n) is 1.56. The Morgan fingerprint density at radius 1 is 1.38 bits per heavy atom. The molecule has 1 amide bonds. The molecule has 16 heavy (non-hydrogen) atoms. The van der Waals surface area contributed by atoms with Crippen LogP contribution in [0.25, 0.3) is 0 Å². The summed E-state index contributed by atoms with van der Waals surface area (Å²) < 4.78 is 0. The Hall–Kier alpha value is -1.57. The molecule has 1 unspecified atom stereocenters. The lowest BCUT2D eigenvalue weighted by Crippen LogP contribution is -2.24. The average Bonchev–Trinajstić information content (AvgIpc) is 2.28. The maximum absolute atomic E-state index is 11.6. The van der Waals surface area contributed by atoms with E-state index < -0.39 is 0 Å². The lowest BCUT2D eigenvalue weighted by atomic mass is 10.1. The molecule has 0 aliphatic carbocycles. The Balaban J connectivity index is 2.30. The quantitative estimate of drug-likeness (QED) is 0.755. The summed E-state index contributed by atoms with van der Waals surface area (Å²) in [6.45, 7) is 4.63. The molecule has 1 rings (SSSR count). The molecule has 0 radical (unpaired) electrons. The van der Waals surface area contributed by atoms with Gasteiger partial charge in [0.2, 0.25) is 5.91 Å². The molecule has 0 aromatic heterocycles. The van der Waals surface area contributed by atoms with Gasteiger partial charge in [-0.2, -0.15) is 0 Å². The first-order chi connectivity index (χ1) is 7.72. The number of rotatable bonds is 5. The Morgan fingerprint density at radius 3 is 2.69 bits per heavy atom. The average molecular weight is 217 g/mol. The molecule has 0 aliphatic heterocycles. The van der Waals surface area contributed by atoms with Crippen LogP contribution in [0.3, 0.4) is 0 Å². The Labute approximate surface area is 97.4 Å². The fraction of sp³-hybridized carbons (Fsp3) is 0.357. The number of hydrogen-bond donors (Lipinski definition) is 1. The van der Waals surface area contributed by atoms with Crippen LogP contribution in [0.1, 0.15) is 25.8 Å². The molecule has 86 valence electrons. The molecule has 0 spiro atoms. The highest BCUT2D eigenvalue weighted by Crippen LogP contribution is 2.04. The number of carbonyl (C=O) groups excluding carboxylic acids is 1. The number of carbonyl (C=O) groups is 1. The van der Waals surface area contributed by atoms with Crippen LogP contribution in [0.5, 0.6) is 0 Å². The summed E-state index contributed by atoms with van der Waals surface area (Å²) in [4.78, 5) is 11.6. The third-order valence-electron chi connectivity index (χ3n) is 2.36. The van der Waals surface area contributed by atoms with E-state index in [2.05, 4.69) is 5.32 Å². The van der Waals surface area contributed by atoms with Crippen molar-refractivity contribution in [2.75, 3.05) is 0 Å². The Bertz CT molecular complexity index is 343. The molecule has 2 heteroatoms. The van der Waals surface area contributed by atoms with E-state index >= 15 is 0 Å². The second-order valence-electron chi connectivity index (χ2n) is 3.97. The smallest absolute Gasteiger partial charge is 0.220 e. The molecule has 0 saturated carbocycles. The second-order valence-corrected chi connectivity index (χ2v) is 3.97. The second kappa shape index (κ2) is 6.83. The maximum Gasteiger partial charge on any atom is 0.220 e. The number of amides is 1. The lowest BCUT2D eigenvalue weighted by molar-refractivity contribution is -0.121. The highest BCUT2D eigenvalue weighted by molar-refractivity contribution is 5.76. The van der Waals surface area contributed by atoms with Crippen LogP contribution in [-0.2, 0) is 11.3 Å². The summed E-state index contributed by atoms with van der Waals surface area (Å²) in [5.74, 6) is 0.412. The molecule has 0 saturated heterocycles. The summed E-state index contributed by atoms with van der Waals surface area (Å²) in [5.41, 5.74) is 1.13. The van der Waals surface area contributed by atoms with E-state index in [1.165, 1.54) is 0 Å². The molecule has 1 N–H and O–H groups in total. The number of hydrogen-bond acceptors (Lipinski definition) is 1. The van der Waals surface area contributed by atoms with Gasteiger partial charge in [0.1, 0.15) is 0 Å². The van der Waals surface area contributed by atoms with Crippen molar-refractivity contribution in [1.82, 2.24) is 5.32 Å². The van der Waals surface area contributed by atoms with Crippen molar-refractivity contribution in [1.29, 1.82) is 0 Å². The molecule has 0 heterocycles. The number of allylic oxidation sites excluding steroid dienone is 2. The predicted molar refractivity (Wildman–Crippen MR) is 66.9 cm³/mol. The first kappa shape index (κ1) is 12.5. The Kier molecular flexibility index (Phi) is 5.34. The van der Waals surface area contributed by atoms with Gasteiger partial charge in [0.15, 0.2) is 0 Å². The van der Waals surface area contributed by atoms with Gasteiger partial charge in [-0.25, -0.2) is 0 Å². The molecule has 0 fully saturated rings. The monoisotopic (exact) mass is 217 g/mol. The highest BCUT2D eigenvalue weighted by atomic mass is 16.1. The third kappa shape index (κ3) is 4.78. The molecule has 2 nitrogen and oxygen atoms in total. The Morgan fingerprint density at radius 2 is 2.06 bits per heavy atom. The summed E-state index contributed by atoms with van der Waals surface area (Å²) in [7, 11) is 0. The van der Waals surface area contributed by atoms with E-state index in [1.807, 2.05) is 56.3 Å². The fourth-order valence-corrected chi connectivity index (χ4v) is 1.56. The van der Waals surface area contributed by atoms with Gasteiger partial charge in [-0.1, -0.05) is 49.4 Å². The van der Waals surface area contributed by atoms with Crippen molar-refractivity contribution >= 4 is 5.91 Å². The van der Waals surface area contributed by atoms with E-state index in [4.69, 9.17) is 0 Å². The van der Waals surface area contributed by atoms with E-state index in [9.17, 15) is 4.79 Å². The van der Waals surface area contributed by atoms with Gasteiger partial charge in [-0.3, -0.25) is 4.79 Å². The van der Waals surface area contributed by atoms with Gasteiger partial charge in [0.25, 0.3) is 0 Å². The van der Waals surface area contributed by atoms with Crippen molar-refractivity contribution < 1.29 is 4.79 Å². The molecule has 1 aromatic rings. The van der Waals surface area contributed by atoms with Crippen LogP contribution >= 0.6 is 0 Å². The first-order valence-corrected chi connectivity index (χ1v) is 5.66.